The predicted molar refractivity (Wildman–Crippen MR) is 64.9 cm³/mol. The first-order chi connectivity index (χ1) is 7.76. The summed E-state index contributed by atoms with van der Waals surface area (Å²) in [4.78, 5) is 14.3. The molecule has 16 heavy (non-hydrogen) atoms. The van der Waals surface area contributed by atoms with Crippen molar-refractivity contribution in [2.45, 2.75) is 39.0 Å². The molecule has 2 fully saturated rings. The van der Waals surface area contributed by atoms with Gasteiger partial charge in [0, 0.05) is 19.6 Å². The number of carbonyl (C=O) groups excluding carboxylic acids is 1. The van der Waals surface area contributed by atoms with E-state index in [1.165, 1.54) is 19.3 Å². The number of fused-ring (bicyclic) bond motifs is 1. The Kier molecular flexibility index (Phi) is 3.85. The van der Waals surface area contributed by atoms with Crippen LogP contribution in [0.5, 0.6) is 0 Å². The highest BCUT2D eigenvalue weighted by Crippen LogP contribution is 2.38. The summed E-state index contributed by atoms with van der Waals surface area (Å²) in [5.41, 5.74) is 5.70. The second-order valence-electron chi connectivity index (χ2n) is 5.42. The van der Waals surface area contributed by atoms with Crippen LogP contribution in [0.1, 0.15) is 39.0 Å². The van der Waals surface area contributed by atoms with Crippen LogP contribution in [-0.4, -0.2) is 30.4 Å². The Hall–Kier alpha value is -0.570. The van der Waals surface area contributed by atoms with Gasteiger partial charge in [-0.05, 0) is 31.1 Å². The van der Waals surface area contributed by atoms with Crippen molar-refractivity contribution in [1.29, 1.82) is 0 Å². The third-order valence-corrected chi connectivity index (χ3v) is 4.31. The molecule has 0 aromatic rings. The van der Waals surface area contributed by atoms with Gasteiger partial charge in [0.2, 0.25) is 5.91 Å². The third kappa shape index (κ3) is 2.24. The van der Waals surface area contributed by atoms with Crippen molar-refractivity contribution in [1.82, 2.24) is 4.90 Å². The van der Waals surface area contributed by atoms with Gasteiger partial charge in [-0.2, -0.15) is 0 Å². The van der Waals surface area contributed by atoms with Gasteiger partial charge in [-0.25, -0.2) is 0 Å². The average Bonchev–Trinajstić information content (AvgIpc) is 2.84. The second kappa shape index (κ2) is 5.17. The lowest BCUT2D eigenvalue weighted by Crippen LogP contribution is -2.38. The fourth-order valence-corrected chi connectivity index (χ4v) is 3.36. The van der Waals surface area contributed by atoms with Crippen molar-refractivity contribution in [3.8, 4) is 0 Å². The monoisotopic (exact) mass is 224 g/mol. The lowest BCUT2D eigenvalue weighted by Gasteiger charge is -2.23. The van der Waals surface area contributed by atoms with Crippen LogP contribution in [0.25, 0.3) is 0 Å². The van der Waals surface area contributed by atoms with Gasteiger partial charge in [0.05, 0.1) is 5.92 Å². The van der Waals surface area contributed by atoms with Crippen molar-refractivity contribution in [2.24, 2.45) is 23.5 Å². The lowest BCUT2D eigenvalue weighted by atomic mass is 10.0. The minimum Gasteiger partial charge on any atom is -0.342 e. The highest BCUT2D eigenvalue weighted by atomic mass is 16.2. The Labute approximate surface area is 98.4 Å². The first kappa shape index (κ1) is 11.9. The molecular formula is C13H24N2O. The normalized spacial score (nSPS) is 30.5. The molecule has 1 amide bonds. The summed E-state index contributed by atoms with van der Waals surface area (Å²) in [5.74, 6) is 1.98. The number of nitrogens with zero attached hydrogens (tertiary/aromatic N) is 1. The molecule has 3 heteroatoms. The van der Waals surface area contributed by atoms with E-state index in [9.17, 15) is 4.79 Å². The molecule has 0 bridgehead atoms. The van der Waals surface area contributed by atoms with Crippen LogP contribution in [0.15, 0.2) is 0 Å². The molecule has 0 aromatic heterocycles. The SMILES string of the molecule is CCCC(CN)C(=O)N1CC2CCCC2C1. The van der Waals surface area contributed by atoms with Gasteiger partial charge in [-0.15, -0.1) is 0 Å². The van der Waals surface area contributed by atoms with Crippen molar-refractivity contribution < 1.29 is 4.79 Å². The first-order valence-corrected chi connectivity index (χ1v) is 6.75. The standard InChI is InChI=1S/C13H24N2O/c1-2-4-10(7-14)13(16)15-8-11-5-3-6-12(11)9-15/h10-12H,2-9,14H2,1H3. The number of likely N-dealkylation sites (tertiary alicyclic amines) is 1. The van der Waals surface area contributed by atoms with Gasteiger partial charge in [0.1, 0.15) is 0 Å². The largest absolute Gasteiger partial charge is 0.342 e. The molecule has 3 unspecified atom stereocenters. The van der Waals surface area contributed by atoms with E-state index in [0.717, 1.165) is 37.8 Å². The summed E-state index contributed by atoms with van der Waals surface area (Å²) in [6.45, 7) is 4.64. The quantitative estimate of drug-likeness (QED) is 0.788. The minimum absolute atomic E-state index is 0.0730. The van der Waals surface area contributed by atoms with Gasteiger partial charge in [-0.3, -0.25) is 4.79 Å². The molecule has 1 aliphatic heterocycles. The fourth-order valence-electron chi connectivity index (χ4n) is 3.36. The van der Waals surface area contributed by atoms with E-state index >= 15 is 0 Å². The Morgan fingerprint density at radius 3 is 2.50 bits per heavy atom. The molecule has 2 aliphatic rings. The van der Waals surface area contributed by atoms with Crippen molar-refractivity contribution >= 4 is 5.91 Å². The molecule has 1 heterocycles. The molecule has 3 nitrogen and oxygen atoms in total. The molecule has 0 spiro atoms. The van der Waals surface area contributed by atoms with Gasteiger partial charge < -0.3 is 10.6 Å². The topological polar surface area (TPSA) is 46.3 Å². The number of rotatable bonds is 4. The molecule has 2 N–H and O–H groups in total. The summed E-state index contributed by atoms with van der Waals surface area (Å²) in [6.07, 6.45) is 6.02. The molecule has 0 aromatic carbocycles. The maximum atomic E-state index is 12.2. The van der Waals surface area contributed by atoms with Crippen LogP contribution in [0.4, 0.5) is 0 Å². The summed E-state index contributed by atoms with van der Waals surface area (Å²) in [7, 11) is 0. The molecule has 1 aliphatic carbocycles. The zero-order valence-electron chi connectivity index (χ0n) is 10.3. The zero-order chi connectivity index (χ0) is 11.5. The van der Waals surface area contributed by atoms with Crippen molar-refractivity contribution in [2.75, 3.05) is 19.6 Å². The van der Waals surface area contributed by atoms with E-state index in [4.69, 9.17) is 5.73 Å². The maximum absolute atomic E-state index is 12.2. The summed E-state index contributed by atoms with van der Waals surface area (Å²) < 4.78 is 0. The molecular weight excluding hydrogens is 200 g/mol. The van der Waals surface area contributed by atoms with E-state index in [2.05, 4.69) is 11.8 Å². The summed E-state index contributed by atoms with van der Waals surface area (Å²) in [5, 5.41) is 0. The molecule has 0 radical (unpaired) electrons. The van der Waals surface area contributed by atoms with Gasteiger partial charge >= 0.3 is 0 Å². The molecule has 1 saturated carbocycles. The fraction of sp³-hybridized carbons (Fsp3) is 0.923. The molecule has 1 saturated heterocycles. The highest BCUT2D eigenvalue weighted by molar-refractivity contribution is 5.79. The number of amides is 1. The van der Waals surface area contributed by atoms with Crippen LogP contribution in [0.2, 0.25) is 0 Å². The van der Waals surface area contributed by atoms with E-state index in [1.807, 2.05) is 0 Å². The van der Waals surface area contributed by atoms with Gasteiger partial charge in [0.15, 0.2) is 0 Å². The first-order valence-electron chi connectivity index (χ1n) is 6.75. The van der Waals surface area contributed by atoms with Crippen LogP contribution in [-0.2, 0) is 4.79 Å². The number of hydrogen-bond acceptors (Lipinski definition) is 2. The Bertz CT molecular complexity index is 242. The summed E-state index contributed by atoms with van der Waals surface area (Å²) in [6, 6.07) is 0. The van der Waals surface area contributed by atoms with Crippen molar-refractivity contribution in [3.05, 3.63) is 0 Å². The van der Waals surface area contributed by atoms with E-state index in [1.54, 1.807) is 0 Å². The number of hydrogen-bond donors (Lipinski definition) is 1. The smallest absolute Gasteiger partial charge is 0.226 e. The molecule has 92 valence electrons. The van der Waals surface area contributed by atoms with E-state index in [-0.39, 0.29) is 5.92 Å². The van der Waals surface area contributed by atoms with Crippen molar-refractivity contribution in [3.63, 3.8) is 0 Å². The Balaban J connectivity index is 1.90. The zero-order valence-corrected chi connectivity index (χ0v) is 10.3. The van der Waals surface area contributed by atoms with Crippen LogP contribution >= 0.6 is 0 Å². The van der Waals surface area contributed by atoms with E-state index < -0.39 is 0 Å². The summed E-state index contributed by atoms with van der Waals surface area (Å²) >= 11 is 0. The number of carbonyl (C=O) groups is 1. The van der Waals surface area contributed by atoms with Gasteiger partial charge in [0.25, 0.3) is 0 Å². The van der Waals surface area contributed by atoms with Gasteiger partial charge in [-0.1, -0.05) is 19.8 Å². The Morgan fingerprint density at radius 2 is 2.00 bits per heavy atom. The molecule has 3 atom stereocenters. The average molecular weight is 224 g/mol. The number of nitrogens with two attached hydrogens (primary N) is 1. The molecule has 2 rings (SSSR count). The minimum atomic E-state index is 0.0730. The highest BCUT2D eigenvalue weighted by Gasteiger charge is 2.39. The Morgan fingerprint density at radius 1 is 1.38 bits per heavy atom. The predicted octanol–water partition coefficient (Wildman–Crippen LogP) is 1.62. The van der Waals surface area contributed by atoms with Crippen LogP contribution < -0.4 is 5.73 Å². The lowest BCUT2D eigenvalue weighted by molar-refractivity contribution is -0.134. The van der Waals surface area contributed by atoms with Crippen LogP contribution in [0, 0.1) is 17.8 Å². The third-order valence-electron chi connectivity index (χ3n) is 4.31. The van der Waals surface area contributed by atoms with E-state index in [0.29, 0.717) is 12.5 Å². The van der Waals surface area contributed by atoms with Crippen LogP contribution in [0.3, 0.4) is 0 Å². The second-order valence-corrected chi connectivity index (χ2v) is 5.42. The maximum Gasteiger partial charge on any atom is 0.226 e.